The number of nitrogens with one attached hydrogen (secondary N) is 1. The van der Waals surface area contributed by atoms with Crippen molar-refractivity contribution in [3.8, 4) is 5.75 Å². The Kier molecular flexibility index (Phi) is 3.56. The summed E-state index contributed by atoms with van der Waals surface area (Å²) in [7, 11) is 0.869. The lowest BCUT2D eigenvalue weighted by Crippen LogP contribution is -2.41. The Morgan fingerprint density at radius 1 is 1.20 bits per heavy atom. The first-order valence-electron chi connectivity index (χ1n) is 6.58. The van der Waals surface area contributed by atoms with Crippen LogP contribution in [0.3, 0.4) is 0 Å². The van der Waals surface area contributed by atoms with E-state index in [-0.39, 0.29) is 11.7 Å². The van der Waals surface area contributed by atoms with Crippen LogP contribution in [-0.4, -0.2) is 36.4 Å². The van der Waals surface area contributed by atoms with Crippen LogP contribution < -0.4 is 10.8 Å². The second-order valence-electron chi connectivity index (χ2n) is 5.94. The summed E-state index contributed by atoms with van der Waals surface area (Å²) < 4.78 is 11.8. The molecule has 5 nitrogen and oxygen atoms in total. The van der Waals surface area contributed by atoms with Crippen molar-refractivity contribution in [3.05, 3.63) is 23.8 Å². The van der Waals surface area contributed by atoms with Gasteiger partial charge in [0.2, 0.25) is 0 Å². The number of hydrogen-bond donors (Lipinski definition) is 2. The van der Waals surface area contributed by atoms with Crippen LogP contribution in [0.2, 0.25) is 0 Å². The standard InChI is InChI=1S/C14H20BNO4/c1-13(2)14(3,4)20-15(19-13)10-8-9(12(18)16-5)6-7-11(10)17/h6-8,17H,1-5H3,(H,16,18). The predicted molar refractivity (Wildman–Crippen MR) is 77.2 cm³/mol. The average molecular weight is 277 g/mol. The first-order valence-corrected chi connectivity index (χ1v) is 6.58. The molecule has 1 saturated heterocycles. The minimum absolute atomic E-state index is 0.0520. The molecule has 1 aromatic rings. The van der Waals surface area contributed by atoms with Crippen molar-refractivity contribution in [2.24, 2.45) is 0 Å². The second kappa shape index (κ2) is 4.79. The Morgan fingerprint density at radius 2 is 1.75 bits per heavy atom. The largest absolute Gasteiger partial charge is 0.508 e. The molecule has 0 atom stereocenters. The van der Waals surface area contributed by atoms with Gasteiger partial charge in [-0.15, -0.1) is 0 Å². The van der Waals surface area contributed by atoms with Crippen molar-refractivity contribution in [1.29, 1.82) is 0 Å². The SMILES string of the molecule is CNC(=O)c1ccc(O)c(B2OC(C)(C)C(C)(C)O2)c1. The van der Waals surface area contributed by atoms with Gasteiger partial charge in [-0.1, -0.05) is 0 Å². The molecule has 1 aliphatic heterocycles. The lowest BCUT2D eigenvalue weighted by molar-refractivity contribution is 0.00578. The molecule has 20 heavy (non-hydrogen) atoms. The van der Waals surface area contributed by atoms with Crippen LogP contribution in [0.5, 0.6) is 5.75 Å². The molecule has 1 heterocycles. The smallest absolute Gasteiger partial charge is 0.498 e. The molecule has 1 fully saturated rings. The highest BCUT2D eigenvalue weighted by Crippen LogP contribution is 2.37. The third-order valence-electron chi connectivity index (χ3n) is 4.02. The topological polar surface area (TPSA) is 67.8 Å². The lowest BCUT2D eigenvalue weighted by atomic mass is 9.77. The fraction of sp³-hybridized carbons (Fsp3) is 0.500. The van der Waals surface area contributed by atoms with E-state index in [1.165, 1.54) is 6.07 Å². The van der Waals surface area contributed by atoms with Crippen molar-refractivity contribution in [3.63, 3.8) is 0 Å². The number of amides is 1. The molecule has 0 spiro atoms. The van der Waals surface area contributed by atoms with Gasteiger partial charge in [0.1, 0.15) is 5.75 Å². The summed E-state index contributed by atoms with van der Waals surface area (Å²) in [6, 6.07) is 4.63. The average Bonchev–Trinajstić information content (AvgIpc) is 2.58. The maximum absolute atomic E-state index is 11.7. The molecular weight excluding hydrogens is 257 g/mol. The molecule has 1 aromatic carbocycles. The molecule has 0 aromatic heterocycles. The maximum Gasteiger partial charge on any atom is 0.498 e. The van der Waals surface area contributed by atoms with E-state index >= 15 is 0 Å². The minimum Gasteiger partial charge on any atom is -0.508 e. The van der Waals surface area contributed by atoms with Crippen LogP contribution in [0, 0.1) is 0 Å². The number of rotatable bonds is 2. The highest BCUT2D eigenvalue weighted by molar-refractivity contribution is 6.63. The summed E-state index contributed by atoms with van der Waals surface area (Å²) in [5.74, 6) is -0.168. The van der Waals surface area contributed by atoms with Gasteiger partial charge in [-0.25, -0.2) is 0 Å². The number of phenols is 1. The highest BCUT2D eigenvalue weighted by atomic mass is 16.7. The summed E-state index contributed by atoms with van der Waals surface area (Å²) in [5, 5.41) is 12.5. The summed E-state index contributed by atoms with van der Waals surface area (Å²) in [6.07, 6.45) is 0. The molecular formula is C14H20BNO4. The van der Waals surface area contributed by atoms with Gasteiger partial charge >= 0.3 is 7.12 Å². The van der Waals surface area contributed by atoms with E-state index in [0.717, 1.165) is 0 Å². The Morgan fingerprint density at radius 3 is 2.25 bits per heavy atom. The summed E-state index contributed by atoms with van der Waals surface area (Å²) in [5.41, 5.74) is -0.0694. The lowest BCUT2D eigenvalue weighted by Gasteiger charge is -2.32. The van der Waals surface area contributed by atoms with E-state index in [1.54, 1.807) is 19.2 Å². The van der Waals surface area contributed by atoms with Gasteiger partial charge in [-0.05, 0) is 45.9 Å². The molecule has 0 saturated carbocycles. The van der Waals surface area contributed by atoms with Crippen LogP contribution in [0.15, 0.2) is 18.2 Å². The molecule has 2 N–H and O–H groups in total. The van der Waals surface area contributed by atoms with Gasteiger partial charge in [-0.2, -0.15) is 0 Å². The molecule has 1 amide bonds. The molecule has 6 heteroatoms. The second-order valence-corrected chi connectivity index (χ2v) is 5.94. The van der Waals surface area contributed by atoms with Gasteiger partial charge < -0.3 is 19.7 Å². The quantitative estimate of drug-likeness (QED) is 0.793. The maximum atomic E-state index is 11.7. The van der Waals surface area contributed by atoms with E-state index in [9.17, 15) is 9.90 Å². The Bertz CT molecular complexity index is 526. The Balaban J connectivity index is 2.37. The summed E-state index contributed by atoms with van der Waals surface area (Å²) in [6.45, 7) is 7.75. The minimum atomic E-state index is -0.690. The number of aromatic hydroxyl groups is 1. The third-order valence-corrected chi connectivity index (χ3v) is 4.02. The zero-order chi connectivity index (χ0) is 15.1. The Labute approximate surface area is 119 Å². The monoisotopic (exact) mass is 277 g/mol. The van der Waals surface area contributed by atoms with Gasteiger partial charge in [0.05, 0.1) is 11.2 Å². The summed E-state index contributed by atoms with van der Waals surface area (Å²) in [4.78, 5) is 11.7. The fourth-order valence-electron chi connectivity index (χ4n) is 2.00. The fourth-order valence-corrected chi connectivity index (χ4v) is 2.00. The van der Waals surface area contributed by atoms with Gasteiger partial charge in [0.15, 0.2) is 0 Å². The molecule has 0 bridgehead atoms. The number of benzene rings is 1. The molecule has 0 unspecified atom stereocenters. The van der Waals surface area contributed by atoms with Crippen molar-refractivity contribution < 1.29 is 19.2 Å². The zero-order valence-corrected chi connectivity index (χ0v) is 12.5. The highest BCUT2D eigenvalue weighted by Gasteiger charge is 2.52. The van der Waals surface area contributed by atoms with Gasteiger partial charge in [0.25, 0.3) is 5.91 Å². The summed E-state index contributed by atoms with van der Waals surface area (Å²) >= 11 is 0. The molecule has 0 aliphatic carbocycles. The van der Waals surface area contributed by atoms with Crippen molar-refractivity contribution in [2.45, 2.75) is 38.9 Å². The van der Waals surface area contributed by atoms with Crippen LogP contribution in [0.1, 0.15) is 38.1 Å². The van der Waals surface area contributed by atoms with E-state index in [4.69, 9.17) is 9.31 Å². The van der Waals surface area contributed by atoms with Crippen LogP contribution >= 0.6 is 0 Å². The van der Waals surface area contributed by atoms with E-state index in [0.29, 0.717) is 11.0 Å². The predicted octanol–water partition coefficient (Wildman–Crippen LogP) is 1.05. The number of carbonyl (C=O) groups is 1. The van der Waals surface area contributed by atoms with Gasteiger partial charge in [-0.3, -0.25) is 4.79 Å². The first-order chi connectivity index (χ1) is 9.18. The van der Waals surface area contributed by atoms with Crippen molar-refractivity contribution >= 4 is 18.5 Å². The third kappa shape index (κ3) is 2.41. The number of hydrogen-bond acceptors (Lipinski definition) is 4. The van der Waals surface area contributed by atoms with Crippen LogP contribution in [0.25, 0.3) is 0 Å². The number of phenolic OH excluding ortho intramolecular Hbond substituents is 1. The van der Waals surface area contributed by atoms with Crippen LogP contribution in [0.4, 0.5) is 0 Å². The zero-order valence-electron chi connectivity index (χ0n) is 12.5. The van der Waals surface area contributed by atoms with E-state index < -0.39 is 18.3 Å². The Hall–Kier alpha value is -1.53. The van der Waals surface area contributed by atoms with Crippen LogP contribution in [-0.2, 0) is 9.31 Å². The van der Waals surface area contributed by atoms with Crippen molar-refractivity contribution in [1.82, 2.24) is 5.32 Å². The molecule has 2 rings (SSSR count). The first kappa shape index (κ1) is 14.9. The van der Waals surface area contributed by atoms with Crippen molar-refractivity contribution in [2.75, 3.05) is 7.05 Å². The van der Waals surface area contributed by atoms with E-state index in [1.807, 2.05) is 27.7 Å². The van der Waals surface area contributed by atoms with E-state index in [2.05, 4.69) is 5.32 Å². The molecule has 1 aliphatic rings. The normalized spacial score (nSPS) is 19.9. The number of carbonyl (C=O) groups excluding carboxylic acids is 1. The van der Waals surface area contributed by atoms with Gasteiger partial charge in [0, 0.05) is 18.1 Å². The molecule has 0 radical (unpaired) electrons. The molecule has 108 valence electrons.